The van der Waals surface area contributed by atoms with Gasteiger partial charge >= 0.3 is 12.6 Å². The summed E-state index contributed by atoms with van der Waals surface area (Å²) in [6, 6.07) is 3.72. The van der Waals surface area contributed by atoms with E-state index in [4.69, 9.17) is 5.26 Å². The number of nitrogens with zero attached hydrogens (tertiary/aromatic N) is 1. The molecule has 7 heteroatoms. The third-order valence-corrected chi connectivity index (χ3v) is 2.10. The van der Waals surface area contributed by atoms with Crippen molar-refractivity contribution in [1.82, 2.24) is 0 Å². The molecule has 0 aliphatic heterocycles. The van der Waals surface area contributed by atoms with Crippen LogP contribution in [-0.2, 0) is 4.74 Å². The summed E-state index contributed by atoms with van der Waals surface area (Å²) in [6.07, 6.45) is 0.200. The van der Waals surface area contributed by atoms with Gasteiger partial charge in [-0.05, 0) is 19.1 Å². The Balaban J connectivity index is 3.39. The van der Waals surface area contributed by atoms with Gasteiger partial charge in [0.25, 0.3) is 0 Å². The quantitative estimate of drug-likeness (QED) is 0.604. The first-order valence-electron chi connectivity index (χ1n) is 5.18. The molecule has 0 heterocycles. The Morgan fingerprint density at radius 1 is 1.53 bits per heavy atom. The maximum absolute atomic E-state index is 12.2. The number of aldehydes is 1. The van der Waals surface area contributed by atoms with Crippen molar-refractivity contribution in [2.75, 3.05) is 6.61 Å². The molecule has 5 nitrogen and oxygen atoms in total. The molecule has 0 fully saturated rings. The Morgan fingerprint density at radius 3 is 2.68 bits per heavy atom. The average molecular weight is 269 g/mol. The van der Waals surface area contributed by atoms with E-state index in [0.717, 1.165) is 12.1 Å². The predicted octanol–water partition coefficient (Wildman–Crippen LogP) is 2.15. The van der Waals surface area contributed by atoms with Gasteiger partial charge < -0.3 is 9.47 Å². The molecule has 0 unspecified atom stereocenters. The van der Waals surface area contributed by atoms with Gasteiger partial charge in [0.15, 0.2) is 6.29 Å². The number of rotatable bonds is 5. The van der Waals surface area contributed by atoms with E-state index in [1.54, 1.807) is 13.0 Å². The lowest BCUT2D eigenvalue weighted by atomic mass is 10.0. The van der Waals surface area contributed by atoms with Crippen LogP contribution >= 0.6 is 0 Å². The molecule has 0 N–H and O–H groups in total. The zero-order valence-corrected chi connectivity index (χ0v) is 9.85. The van der Waals surface area contributed by atoms with Crippen LogP contribution in [0.3, 0.4) is 0 Å². The van der Waals surface area contributed by atoms with E-state index in [2.05, 4.69) is 9.47 Å². The van der Waals surface area contributed by atoms with E-state index in [-0.39, 0.29) is 29.6 Å². The molecule has 0 aromatic heterocycles. The SMILES string of the molecule is CCOC(=O)c1cc(C#N)cc(OC(F)F)c1C=O. The lowest BCUT2D eigenvalue weighted by Crippen LogP contribution is -2.12. The highest BCUT2D eigenvalue weighted by molar-refractivity contribution is 6.00. The van der Waals surface area contributed by atoms with Gasteiger partial charge in [0.1, 0.15) is 5.75 Å². The Labute approximate surface area is 107 Å². The van der Waals surface area contributed by atoms with E-state index < -0.39 is 18.3 Å². The summed E-state index contributed by atoms with van der Waals surface area (Å²) >= 11 is 0. The number of carbonyl (C=O) groups excluding carboxylic acids is 2. The third kappa shape index (κ3) is 3.48. The van der Waals surface area contributed by atoms with Gasteiger partial charge in [0, 0.05) is 0 Å². The lowest BCUT2D eigenvalue weighted by molar-refractivity contribution is -0.0501. The third-order valence-electron chi connectivity index (χ3n) is 2.10. The fraction of sp³-hybridized carbons (Fsp3) is 0.250. The molecule has 1 rings (SSSR count). The van der Waals surface area contributed by atoms with Crippen LogP contribution in [0.5, 0.6) is 5.75 Å². The van der Waals surface area contributed by atoms with Crippen molar-refractivity contribution < 1.29 is 27.8 Å². The highest BCUT2D eigenvalue weighted by Crippen LogP contribution is 2.25. The smallest absolute Gasteiger partial charge is 0.387 e. The molecule has 0 bridgehead atoms. The van der Waals surface area contributed by atoms with E-state index in [9.17, 15) is 18.4 Å². The van der Waals surface area contributed by atoms with Crippen molar-refractivity contribution in [3.63, 3.8) is 0 Å². The maximum atomic E-state index is 12.2. The zero-order valence-electron chi connectivity index (χ0n) is 9.85. The van der Waals surface area contributed by atoms with Crippen LogP contribution in [0, 0.1) is 11.3 Å². The van der Waals surface area contributed by atoms with E-state index >= 15 is 0 Å². The van der Waals surface area contributed by atoms with E-state index in [1.165, 1.54) is 0 Å². The summed E-state index contributed by atoms with van der Waals surface area (Å²) in [6.45, 7) is -1.59. The number of alkyl halides is 2. The Kier molecular flexibility index (Phi) is 4.94. The van der Waals surface area contributed by atoms with Crippen LogP contribution in [-0.4, -0.2) is 25.5 Å². The minimum absolute atomic E-state index is 0.0406. The highest BCUT2D eigenvalue weighted by atomic mass is 19.3. The molecule has 0 saturated carbocycles. The van der Waals surface area contributed by atoms with Crippen LogP contribution in [0.15, 0.2) is 12.1 Å². The van der Waals surface area contributed by atoms with Gasteiger partial charge in [-0.25, -0.2) is 4.79 Å². The number of carbonyl (C=O) groups is 2. The molecule has 0 saturated heterocycles. The van der Waals surface area contributed by atoms with Crippen LogP contribution in [0.1, 0.15) is 33.2 Å². The van der Waals surface area contributed by atoms with E-state index in [1.807, 2.05) is 0 Å². The summed E-state index contributed by atoms with van der Waals surface area (Å²) < 4.78 is 33.2. The molecular formula is C12H9F2NO4. The van der Waals surface area contributed by atoms with Crippen molar-refractivity contribution in [2.45, 2.75) is 13.5 Å². The summed E-state index contributed by atoms with van der Waals surface area (Å²) in [7, 11) is 0. The van der Waals surface area contributed by atoms with Gasteiger partial charge in [-0.1, -0.05) is 0 Å². The first kappa shape index (κ1) is 14.6. The van der Waals surface area contributed by atoms with E-state index in [0.29, 0.717) is 0 Å². The molecule has 1 aromatic rings. The molecular weight excluding hydrogens is 260 g/mol. The minimum atomic E-state index is -3.18. The van der Waals surface area contributed by atoms with Crippen LogP contribution in [0.2, 0.25) is 0 Å². The second kappa shape index (κ2) is 6.44. The molecule has 0 spiro atoms. The van der Waals surface area contributed by atoms with Crippen molar-refractivity contribution in [3.05, 3.63) is 28.8 Å². The van der Waals surface area contributed by atoms with Gasteiger partial charge in [-0.3, -0.25) is 4.79 Å². The molecule has 0 atom stereocenters. The number of hydrogen-bond acceptors (Lipinski definition) is 5. The van der Waals surface area contributed by atoms with Gasteiger partial charge in [-0.15, -0.1) is 0 Å². The Morgan fingerprint density at radius 2 is 2.21 bits per heavy atom. The average Bonchev–Trinajstić information content (AvgIpc) is 2.37. The second-order valence-electron chi connectivity index (χ2n) is 3.26. The number of nitriles is 1. The fourth-order valence-corrected chi connectivity index (χ4v) is 1.38. The minimum Gasteiger partial charge on any atom is -0.462 e. The summed E-state index contributed by atoms with van der Waals surface area (Å²) in [5, 5.41) is 8.76. The second-order valence-corrected chi connectivity index (χ2v) is 3.26. The molecule has 0 radical (unpaired) electrons. The van der Waals surface area contributed by atoms with Gasteiger partial charge in [0.05, 0.1) is 29.4 Å². The molecule has 0 aliphatic rings. The Hall–Kier alpha value is -2.49. The van der Waals surface area contributed by atoms with Crippen LogP contribution < -0.4 is 4.74 Å². The monoisotopic (exact) mass is 269 g/mol. The number of ether oxygens (including phenoxy) is 2. The van der Waals surface area contributed by atoms with Crippen LogP contribution in [0.25, 0.3) is 0 Å². The highest BCUT2D eigenvalue weighted by Gasteiger charge is 2.20. The van der Waals surface area contributed by atoms with Crippen molar-refractivity contribution in [3.8, 4) is 11.8 Å². The lowest BCUT2D eigenvalue weighted by Gasteiger charge is -2.11. The number of esters is 1. The fourth-order valence-electron chi connectivity index (χ4n) is 1.38. The van der Waals surface area contributed by atoms with Gasteiger partial charge in [-0.2, -0.15) is 14.0 Å². The van der Waals surface area contributed by atoms with Gasteiger partial charge in [0.2, 0.25) is 0 Å². The molecule has 1 aromatic carbocycles. The van der Waals surface area contributed by atoms with Crippen molar-refractivity contribution in [2.24, 2.45) is 0 Å². The Bertz CT molecular complexity index is 537. The normalized spacial score (nSPS) is 9.84. The molecule has 0 amide bonds. The summed E-state index contributed by atoms with van der Waals surface area (Å²) in [4.78, 5) is 22.5. The first-order chi connectivity index (χ1) is 9.03. The predicted molar refractivity (Wildman–Crippen MR) is 59.1 cm³/mol. The number of benzene rings is 1. The van der Waals surface area contributed by atoms with Crippen molar-refractivity contribution in [1.29, 1.82) is 5.26 Å². The molecule has 100 valence electrons. The molecule has 0 aliphatic carbocycles. The summed E-state index contributed by atoms with van der Waals surface area (Å²) in [5.41, 5.74) is -0.756. The number of halogens is 2. The summed E-state index contributed by atoms with van der Waals surface area (Å²) in [5.74, 6) is -1.42. The van der Waals surface area contributed by atoms with Crippen LogP contribution in [0.4, 0.5) is 8.78 Å². The number of hydrogen-bond donors (Lipinski definition) is 0. The first-order valence-corrected chi connectivity index (χ1v) is 5.18. The largest absolute Gasteiger partial charge is 0.462 e. The standard InChI is InChI=1S/C12H9F2NO4/c1-2-18-11(17)8-3-7(5-15)4-10(9(8)6-16)19-12(13)14/h3-4,6,12H,2H2,1H3. The van der Waals surface area contributed by atoms with Crippen molar-refractivity contribution >= 4 is 12.3 Å². The molecule has 19 heavy (non-hydrogen) atoms. The zero-order chi connectivity index (χ0) is 14.4. The maximum Gasteiger partial charge on any atom is 0.387 e. The topological polar surface area (TPSA) is 76.4 Å².